The second-order valence-electron chi connectivity index (χ2n) is 3.00. The van der Waals surface area contributed by atoms with E-state index < -0.39 is 0 Å². The highest BCUT2D eigenvalue weighted by atomic mass is 15.1. The van der Waals surface area contributed by atoms with Crippen LogP contribution in [0.5, 0.6) is 0 Å². The van der Waals surface area contributed by atoms with E-state index in [2.05, 4.69) is 18.9 Å². The first-order valence-corrected chi connectivity index (χ1v) is 4.48. The first-order valence-electron chi connectivity index (χ1n) is 4.48. The molecule has 0 rings (SSSR count). The van der Waals surface area contributed by atoms with Crippen LogP contribution in [0.1, 0.15) is 32.6 Å². The molecule has 0 heterocycles. The standard InChI is InChI=1S/C9H20N2/c1-3-4-8-11(2)9-6-5-7-10/h7,10H,3-6,8-9H2,1-2H3. The Morgan fingerprint density at radius 2 is 1.91 bits per heavy atom. The minimum absolute atomic E-state index is 0.927. The van der Waals surface area contributed by atoms with Gasteiger partial charge in [-0.2, -0.15) is 0 Å². The Morgan fingerprint density at radius 3 is 2.45 bits per heavy atom. The average Bonchev–Trinajstić information content (AvgIpc) is 2.01. The van der Waals surface area contributed by atoms with Gasteiger partial charge in [0.2, 0.25) is 0 Å². The van der Waals surface area contributed by atoms with Crippen LogP contribution in [-0.4, -0.2) is 31.3 Å². The van der Waals surface area contributed by atoms with Gasteiger partial charge < -0.3 is 10.3 Å². The smallest absolute Gasteiger partial charge is 0.00183 e. The van der Waals surface area contributed by atoms with Gasteiger partial charge >= 0.3 is 0 Å². The topological polar surface area (TPSA) is 27.1 Å². The molecule has 0 saturated carbocycles. The molecule has 0 aliphatic carbocycles. The van der Waals surface area contributed by atoms with Gasteiger partial charge in [0.15, 0.2) is 0 Å². The Balaban J connectivity index is 3.08. The van der Waals surface area contributed by atoms with Crippen LogP contribution >= 0.6 is 0 Å². The normalized spacial score (nSPS) is 10.5. The molecule has 0 radical (unpaired) electrons. The fraction of sp³-hybridized carbons (Fsp3) is 0.889. The molecule has 0 spiro atoms. The lowest BCUT2D eigenvalue weighted by Gasteiger charge is -2.14. The third-order valence-corrected chi connectivity index (χ3v) is 1.78. The Morgan fingerprint density at radius 1 is 1.27 bits per heavy atom. The summed E-state index contributed by atoms with van der Waals surface area (Å²) in [4.78, 5) is 2.34. The molecule has 0 aromatic carbocycles. The summed E-state index contributed by atoms with van der Waals surface area (Å²) in [7, 11) is 2.15. The summed E-state index contributed by atoms with van der Waals surface area (Å²) in [6.07, 6.45) is 6.11. The van der Waals surface area contributed by atoms with Crippen molar-refractivity contribution in [2.75, 3.05) is 20.1 Å². The van der Waals surface area contributed by atoms with Crippen molar-refractivity contribution in [3.63, 3.8) is 0 Å². The van der Waals surface area contributed by atoms with E-state index in [1.165, 1.54) is 25.6 Å². The van der Waals surface area contributed by atoms with Crippen LogP contribution in [0.2, 0.25) is 0 Å². The van der Waals surface area contributed by atoms with Crippen LogP contribution < -0.4 is 0 Å². The summed E-state index contributed by atoms with van der Waals surface area (Å²) in [5.41, 5.74) is 0. The number of unbranched alkanes of at least 4 members (excludes halogenated alkanes) is 2. The molecule has 0 unspecified atom stereocenters. The van der Waals surface area contributed by atoms with Crippen molar-refractivity contribution < 1.29 is 0 Å². The summed E-state index contributed by atoms with van der Waals surface area (Å²) in [5, 5.41) is 6.84. The number of nitrogens with zero attached hydrogens (tertiary/aromatic N) is 1. The van der Waals surface area contributed by atoms with E-state index >= 15 is 0 Å². The highest BCUT2D eigenvalue weighted by Gasteiger charge is 1.94. The highest BCUT2D eigenvalue weighted by molar-refractivity contribution is 5.52. The van der Waals surface area contributed by atoms with Crippen molar-refractivity contribution in [1.82, 2.24) is 4.90 Å². The van der Waals surface area contributed by atoms with Crippen molar-refractivity contribution >= 4 is 6.21 Å². The Bertz CT molecular complexity index is 91.6. The number of rotatable bonds is 7. The quantitative estimate of drug-likeness (QED) is 0.444. The molecule has 1 N–H and O–H groups in total. The first kappa shape index (κ1) is 10.6. The summed E-state index contributed by atoms with van der Waals surface area (Å²) >= 11 is 0. The molecular weight excluding hydrogens is 136 g/mol. The second kappa shape index (κ2) is 7.73. The van der Waals surface area contributed by atoms with E-state index in [1.807, 2.05) is 0 Å². The Labute approximate surface area is 70.1 Å². The largest absolute Gasteiger partial charge is 0.313 e. The van der Waals surface area contributed by atoms with E-state index in [0.29, 0.717) is 0 Å². The molecule has 0 fully saturated rings. The maximum atomic E-state index is 6.84. The monoisotopic (exact) mass is 156 g/mol. The van der Waals surface area contributed by atoms with Gasteiger partial charge in [0.25, 0.3) is 0 Å². The highest BCUT2D eigenvalue weighted by Crippen LogP contribution is 1.94. The predicted molar refractivity (Wildman–Crippen MR) is 50.4 cm³/mol. The molecular formula is C9H20N2. The van der Waals surface area contributed by atoms with Gasteiger partial charge in [-0.1, -0.05) is 13.3 Å². The molecule has 0 aromatic heterocycles. The fourth-order valence-electron chi connectivity index (χ4n) is 1.00. The molecule has 0 aliphatic heterocycles. The molecule has 2 nitrogen and oxygen atoms in total. The molecule has 0 atom stereocenters. The van der Waals surface area contributed by atoms with Crippen molar-refractivity contribution in [1.29, 1.82) is 5.41 Å². The lowest BCUT2D eigenvalue weighted by molar-refractivity contribution is 0.326. The van der Waals surface area contributed by atoms with E-state index in [0.717, 1.165) is 19.4 Å². The van der Waals surface area contributed by atoms with Gasteiger partial charge in [-0.25, -0.2) is 0 Å². The van der Waals surface area contributed by atoms with E-state index in [9.17, 15) is 0 Å². The van der Waals surface area contributed by atoms with Crippen LogP contribution in [-0.2, 0) is 0 Å². The van der Waals surface area contributed by atoms with Crippen LogP contribution in [0.4, 0.5) is 0 Å². The number of hydrogen-bond donors (Lipinski definition) is 1. The third kappa shape index (κ3) is 7.53. The molecule has 0 aromatic rings. The van der Waals surface area contributed by atoms with E-state index in [1.54, 1.807) is 0 Å². The zero-order valence-corrected chi connectivity index (χ0v) is 7.77. The van der Waals surface area contributed by atoms with Gasteiger partial charge in [0.05, 0.1) is 0 Å². The van der Waals surface area contributed by atoms with Gasteiger partial charge in [-0.3, -0.25) is 0 Å². The maximum Gasteiger partial charge on any atom is -0.00183 e. The SMILES string of the molecule is CCCCN(C)CCCC=N. The Kier molecular flexibility index (Phi) is 7.47. The van der Waals surface area contributed by atoms with Crippen LogP contribution in [0.25, 0.3) is 0 Å². The minimum Gasteiger partial charge on any atom is -0.313 e. The Hall–Kier alpha value is -0.370. The summed E-state index contributed by atoms with van der Waals surface area (Å²) in [6.45, 7) is 4.55. The fourth-order valence-corrected chi connectivity index (χ4v) is 1.00. The number of hydrogen-bond acceptors (Lipinski definition) is 2. The van der Waals surface area contributed by atoms with Gasteiger partial charge in [-0.15, -0.1) is 0 Å². The van der Waals surface area contributed by atoms with Crippen molar-refractivity contribution in [2.45, 2.75) is 32.6 Å². The molecule has 2 heteroatoms. The van der Waals surface area contributed by atoms with Crippen molar-refractivity contribution in [3.05, 3.63) is 0 Å². The lowest BCUT2D eigenvalue weighted by atomic mass is 10.3. The average molecular weight is 156 g/mol. The zero-order valence-electron chi connectivity index (χ0n) is 7.77. The minimum atomic E-state index is 0.927. The maximum absolute atomic E-state index is 6.84. The summed E-state index contributed by atoms with van der Waals surface area (Å²) < 4.78 is 0. The number of nitrogens with one attached hydrogen (secondary N) is 1. The van der Waals surface area contributed by atoms with E-state index in [-0.39, 0.29) is 0 Å². The van der Waals surface area contributed by atoms with Gasteiger partial charge in [-0.05, 0) is 45.6 Å². The second-order valence-corrected chi connectivity index (χ2v) is 3.00. The molecule has 0 bridgehead atoms. The third-order valence-electron chi connectivity index (χ3n) is 1.78. The molecule has 0 amide bonds. The first-order chi connectivity index (χ1) is 5.31. The lowest BCUT2D eigenvalue weighted by Crippen LogP contribution is -2.20. The molecule has 11 heavy (non-hydrogen) atoms. The van der Waals surface area contributed by atoms with Crippen molar-refractivity contribution in [3.8, 4) is 0 Å². The van der Waals surface area contributed by atoms with Gasteiger partial charge in [0.1, 0.15) is 0 Å². The van der Waals surface area contributed by atoms with Crippen LogP contribution in [0.15, 0.2) is 0 Å². The predicted octanol–water partition coefficient (Wildman–Crippen LogP) is 2.15. The molecule has 0 saturated heterocycles. The van der Waals surface area contributed by atoms with Crippen LogP contribution in [0.3, 0.4) is 0 Å². The zero-order chi connectivity index (χ0) is 8.53. The summed E-state index contributed by atoms with van der Waals surface area (Å²) in [5.74, 6) is 0. The summed E-state index contributed by atoms with van der Waals surface area (Å²) in [6, 6.07) is 0. The van der Waals surface area contributed by atoms with E-state index in [4.69, 9.17) is 5.41 Å². The molecule has 0 aliphatic rings. The van der Waals surface area contributed by atoms with Crippen molar-refractivity contribution in [2.24, 2.45) is 0 Å². The van der Waals surface area contributed by atoms with Gasteiger partial charge in [0, 0.05) is 0 Å². The molecule has 66 valence electrons. The van der Waals surface area contributed by atoms with Crippen LogP contribution in [0, 0.1) is 5.41 Å².